The van der Waals surface area contributed by atoms with Gasteiger partial charge in [0.15, 0.2) is 5.96 Å². The SMILES string of the molecule is CCCNC(=NC)NCc1ccnc(Oc2ccc(F)cc2)c1.I. The van der Waals surface area contributed by atoms with Gasteiger partial charge < -0.3 is 15.4 Å². The summed E-state index contributed by atoms with van der Waals surface area (Å²) >= 11 is 0. The molecule has 0 radical (unpaired) electrons. The molecule has 0 aliphatic heterocycles. The van der Waals surface area contributed by atoms with E-state index in [1.54, 1.807) is 25.4 Å². The number of pyridine rings is 1. The fourth-order valence-corrected chi connectivity index (χ4v) is 1.89. The van der Waals surface area contributed by atoms with E-state index in [0.717, 1.165) is 24.5 Å². The van der Waals surface area contributed by atoms with E-state index in [9.17, 15) is 4.39 Å². The summed E-state index contributed by atoms with van der Waals surface area (Å²) in [5.41, 5.74) is 1.01. The van der Waals surface area contributed by atoms with Gasteiger partial charge in [-0.15, -0.1) is 24.0 Å². The number of halogens is 2. The second-order valence-corrected chi connectivity index (χ2v) is 4.91. The minimum Gasteiger partial charge on any atom is -0.439 e. The van der Waals surface area contributed by atoms with Gasteiger partial charge in [0.05, 0.1) is 0 Å². The quantitative estimate of drug-likeness (QED) is 0.405. The van der Waals surface area contributed by atoms with Gasteiger partial charge in [-0.1, -0.05) is 6.92 Å². The number of hydrogen-bond donors (Lipinski definition) is 2. The Morgan fingerprint density at radius 1 is 1.21 bits per heavy atom. The number of aromatic nitrogens is 1. The summed E-state index contributed by atoms with van der Waals surface area (Å²) in [6, 6.07) is 9.58. The van der Waals surface area contributed by atoms with Crippen molar-refractivity contribution in [2.75, 3.05) is 13.6 Å². The van der Waals surface area contributed by atoms with Crippen molar-refractivity contribution < 1.29 is 9.13 Å². The first kappa shape index (κ1) is 20.1. The largest absolute Gasteiger partial charge is 0.439 e. The Morgan fingerprint density at radius 3 is 2.62 bits per heavy atom. The third-order valence-electron chi connectivity index (χ3n) is 3.06. The maximum Gasteiger partial charge on any atom is 0.219 e. The average molecular weight is 444 g/mol. The van der Waals surface area contributed by atoms with Gasteiger partial charge >= 0.3 is 0 Å². The van der Waals surface area contributed by atoms with Gasteiger partial charge in [0.1, 0.15) is 11.6 Å². The van der Waals surface area contributed by atoms with Crippen molar-refractivity contribution in [3.05, 3.63) is 54.0 Å². The molecule has 7 heteroatoms. The van der Waals surface area contributed by atoms with E-state index in [-0.39, 0.29) is 29.8 Å². The first-order chi connectivity index (χ1) is 11.2. The molecule has 1 aromatic heterocycles. The van der Waals surface area contributed by atoms with Gasteiger partial charge in [0, 0.05) is 32.4 Å². The minimum absolute atomic E-state index is 0. The van der Waals surface area contributed by atoms with Crippen molar-refractivity contribution in [3.63, 3.8) is 0 Å². The van der Waals surface area contributed by atoms with Gasteiger partial charge in [-0.25, -0.2) is 9.37 Å². The van der Waals surface area contributed by atoms with Crippen LogP contribution in [-0.4, -0.2) is 24.5 Å². The maximum absolute atomic E-state index is 12.9. The Bertz CT molecular complexity index is 649. The molecule has 0 fully saturated rings. The second-order valence-electron chi connectivity index (χ2n) is 4.91. The van der Waals surface area contributed by atoms with Crippen molar-refractivity contribution in [3.8, 4) is 11.6 Å². The summed E-state index contributed by atoms with van der Waals surface area (Å²) in [6.07, 6.45) is 2.71. The van der Waals surface area contributed by atoms with E-state index in [0.29, 0.717) is 18.2 Å². The Morgan fingerprint density at radius 2 is 1.96 bits per heavy atom. The minimum atomic E-state index is -0.297. The zero-order chi connectivity index (χ0) is 16.5. The van der Waals surface area contributed by atoms with Crippen molar-refractivity contribution >= 4 is 29.9 Å². The predicted molar refractivity (Wildman–Crippen MR) is 105 cm³/mol. The number of ether oxygens (including phenoxy) is 1. The van der Waals surface area contributed by atoms with E-state index in [1.165, 1.54) is 12.1 Å². The summed E-state index contributed by atoms with van der Waals surface area (Å²) in [4.78, 5) is 8.32. The molecule has 0 aliphatic rings. The molecule has 0 spiro atoms. The van der Waals surface area contributed by atoms with Crippen LogP contribution in [0.5, 0.6) is 11.6 Å². The summed E-state index contributed by atoms with van der Waals surface area (Å²) in [6.45, 7) is 3.57. The number of nitrogens with zero attached hydrogens (tertiary/aromatic N) is 2. The van der Waals surface area contributed by atoms with Crippen LogP contribution in [0.1, 0.15) is 18.9 Å². The second kappa shape index (κ2) is 10.8. The zero-order valence-corrected chi connectivity index (χ0v) is 16.1. The highest BCUT2D eigenvalue weighted by molar-refractivity contribution is 14.0. The molecule has 0 saturated heterocycles. The Kier molecular flexibility index (Phi) is 9.06. The number of rotatable bonds is 6. The van der Waals surface area contributed by atoms with Crippen molar-refractivity contribution in [2.24, 2.45) is 4.99 Å². The van der Waals surface area contributed by atoms with Crippen molar-refractivity contribution in [1.29, 1.82) is 0 Å². The standard InChI is InChI=1S/C17H21FN4O.HI/c1-3-9-21-17(19-2)22-12-13-8-10-20-16(11-13)23-15-6-4-14(18)5-7-15;/h4-8,10-11H,3,9,12H2,1-2H3,(H2,19,21,22);1H. The molecule has 0 atom stereocenters. The molecule has 24 heavy (non-hydrogen) atoms. The summed E-state index contributed by atoms with van der Waals surface area (Å²) in [7, 11) is 1.74. The molecular formula is C17H22FIN4O. The molecule has 1 aromatic carbocycles. The molecule has 0 saturated carbocycles. The molecule has 0 aliphatic carbocycles. The van der Waals surface area contributed by atoms with Gasteiger partial charge in [-0.05, 0) is 42.3 Å². The molecule has 1 heterocycles. The van der Waals surface area contributed by atoms with Crippen LogP contribution < -0.4 is 15.4 Å². The molecule has 0 amide bonds. The van der Waals surface area contributed by atoms with Crippen LogP contribution in [0.25, 0.3) is 0 Å². The highest BCUT2D eigenvalue weighted by atomic mass is 127. The van der Waals surface area contributed by atoms with Crippen molar-refractivity contribution in [1.82, 2.24) is 15.6 Å². The third kappa shape index (κ3) is 6.69. The van der Waals surface area contributed by atoms with Crippen LogP contribution in [-0.2, 0) is 6.54 Å². The zero-order valence-electron chi connectivity index (χ0n) is 13.8. The molecule has 2 rings (SSSR count). The molecular weight excluding hydrogens is 422 g/mol. The molecule has 0 unspecified atom stereocenters. The fourth-order valence-electron chi connectivity index (χ4n) is 1.89. The lowest BCUT2D eigenvalue weighted by molar-refractivity contribution is 0.460. The van der Waals surface area contributed by atoms with Gasteiger partial charge in [-0.2, -0.15) is 0 Å². The summed E-state index contributed by atoms with van der Waals surface area (Å²) in [5, 5.41) is 6.43. The van der Waals surface area contributed by atoms with Crippen LogP contribution >= 0.6 is 24.0 Å². The number of hydrogen-bond acceptors (Lipinski definition) is 3. The van der Waals surface area contributed by atoms with Gasteiger partial charge in [0.2, 0.25) is 5.88 Å². The van der Waals surface area contributed by atoms with E-state index in [4.69, 9.17) is 4.74 Å². The lowest BCUT2D eigenvalue weighted by Gasteiger charge is -2.11. The van der Waals surface area contributed by atoms with Crippen molar-refractivity contribution in [2.45, 2.75) is 19.9 Å². The average Bonchev–Trinajstić information content (AvgIpc) is 2.57. The highest BCUT2D eigenvalue weighted by Gasteiger charge is 2.02. The lowest BCUT2D eigenvalue weighted by atomic mass is 10.2. The van der Waals surface area contributed by atoms with Gasteiger partial charge in [-0.3, -0.25) is 4.99 Å². The van der Waals surface area contributed by atoms with Crippen LogP contribution in [0.15, 0.2) is 47.6 Å². The maximum atomic E-state index is 12.9. The summed E-state index contributed by atoms with van der Waals surface area (Å²) in [5.74, 6) is 1.47. The lowest BCUT2D eigenvalue weighted by Crippen LogP contribution is -2.37. The van der Waals surface area contributed by atoms with E-state index >= 15 is 0 Å². The predicted octanol–water partition coefficient (Wildman–Crippen LogP) is 3.71. The fraction of sp³-hybridized carbons (Fsp3) is 0.294. The Balaban J connectivity index is 0.00000288. The smallest absolute Gasteiger partial charge is 0.219 e. The Labute approximate surface area is 158 Å². The topological polar surface area (TPSA) is 58.5 Å². The molecule has 130 valence electrons. The first-order valence-corrected chi connectivity index (χ1v) is 7.54. The van der Waals surface area contributed by atoms with Crippen LogP contribution in [0.2, 0.25) is 0 Å². The number of nitrogens with one attached hydrogen (secondary N) is 2. The number of benzene rings is 1. The summed E-state index contributed by atoms with van der Waals surface area (Å²) < 4.78 is 18.5. The molecule has 5 nitrogen and oxygen atoms in total. The normalized spacial score (nSPS) is 10.7. The van der Waals surface area contributed by atoms with Crippen LogP contribution in [0.4, 0.5) is 4.39 Å². The number of aliphatic imine (C=N–C) groups is 1. The van der Waals surface area contributed by atoms with E-state index in [1.807, 2.05) is 12.1 Å². The van der Waals surface area contributed by atoms with Crippen LogP contribution in [0.3, 0.4) is 0 Å². The molecule has 2 aromatic rings. The monoisotopic (exact) mass is 444 g/mol. The van der Waals surface area contributed by atoms with Crippen LogP contribution in [0, 0.1) is 5.82 Å². The van der Waals surface area contributed by atoms with E-state index < -0.39 is 0 Å². The molecule has 0 bridgehead atoms. The first-order valence-electron chi connectivity index (χ1n) is 7.54. The Hall–Kier alpha value is -1.90. The van der Waals surface area contributed by atoms with Gasteiger partial charge in [0.25, 0.3) is 0 Å². The van der Waals surface area contributed by atoms with E-state index in [2.05, 4.69) is 27.5 Å². The highest BCUT2D eigenvalue weighted by Crippen LogP contribution is 2.20. The third-order valence-corrected chi connectivity index (χ3v) is 3.06. The number of guanidine groups is 1. The molecule has 2 N–H and O–H groups in total.